The number of hydrogen-bond acceptors (Lipinski definition) is 2. The highest BCUT2D eigenvalue weighted by Crippen LogP contribution is 2.74. The minimum Gasteiger partial charge on any atom is -0.393 e. The lowest BCUT2D eigenvalue weighted by atomic mass is 9.44. The quantitative estimate of drug-likeness (QED) is 0.486. The van der Waals surface area contributed by atoms with E-state index in [9.17, 15) is 5.11 Å². The third-order valence-electron chi connectivity index (χ3n) is 12.8. The lowest BCUT2D eigenvalue weighted by Crippen LogP contribution is -2.58. The molecule has 0 unspecified atom stereocenters. The smallest absolute Gasteiger partial charge is 0.103 e. The molecule has 1 aliphatic heterocycles. The normalized spacial score (nSPS) is 59.0. The van der Waals surface area contributed by atoms with Crippen LogP contribution >= 0.6 is 0 Å². The average Bonchev–Trinajstić information content (AvgIpc) is 3.59. The predicted molar refractivity (Wildman–Crippen MR) is 126 cm³/mol. The van der Waals surface area contributed by atoms with Crippen LogP contribution in [0.5, 0.6) is 0 Å². The second-order valence-corrected chi connectivity index (χ2v) is 14.1. The SMILES string of the molecule is C[C@H](CC[C@@H](C)[C@H]1CC[C@H]2[C@@H]3C[C@@H]4O[C@@]45C[C@@H](O)CC[C@]5(C)[C@H]3CC[C@]12C)[C@@H]1C[C@H]1C. The molecular weight excluding hydrogens is 380 g/mol. The van der Waals surface area contributed by atoms with Gasteiger partial charge in [0.2, 0.25) is 0 Å². The molecule has 5 aliphatic carbocycles. The lowest BCUT2D eigenvalue weighted by Gasteiger charge is -2.59. The van der Waals surface area contributed by atoms with Gasteiger partial charge in [0.1, 0.15) is 5.60 Å². The molecule has 0 amide bonds. The third-order valence-corrected chi connectivity index (χ3v) is 12.8. The maximum Gasteiger partial charge on any atom is 0.103 e. The van der Waals surface area contributed by atoms with Crippen LogP contribution in [0.25, 0.3) is 0 Å². The van der Waals surface area contributed by atoms with Gasteiger partial charge in [-0.15, -0.1) is 0 Å². The van der Waals surface area contributed by atoms with Crippen molar-refractivity contribution in [1.82, 2.24) is 0 Å². The summed E-state index contributed by atoms with van der Waals surface area (Å²) in [6.45, 7) is 12.8. The van der Waals surface area contributed by atoms with Gasteiger partial charge in [0.15, 0.2) is 0 Å². The summed E-state index contributed by atoms with van der Waals surface area (Å²) in [5.74, 6) is 7.44. The van der Waals surface area contributed by atoms with Gasteiger partial charge in [0, 0.05) is 11.8 Å². The number of rotatable bonds is 5. The van der Waals surface area contributed by atoms with Crippen molar-refractivity contribution in [3.05, 3.63) is 0 Å². The molecule has 1 spiro atoms. The monoisotopic (exact) mass is 428 g/mol. The van der Waals surface area contributed by atoms with E-state index in [1.807, 2.05) is 0 Å². The van der Waals surface area contributed by atoms with Gasteiger partial charge in [-0.25, -0.2) is 0 Å². The average molecular weight is 429 g/mol. The molecule has 31 heavy (non-hydrogen) atoms. The van der Waals surface area contributed by atoms with E-state index in [0.29, 0.717) is 16.9 Å². The van der Waals surface area contributed by atoms with Crippen LogP contribution in [-0.2, 0) is 4.74 Å². The highest BCUT2D eigenvalue weighted by molar-refractivity contribution is 5.24. The van der Waals surface area contributed by atoms with E-state index in [0.717, 1.165) is 60.2 Å². The summed E-state index contributed by atoms with van der Waals surface area (Å²) in [5, 5.41) is 10.4. The minimum atomic E-state index is -0.124. The van der Waals surface area contributed by atoms with Crippen molar-refractivity contribution >= 4 is 0 Å². The molecule has 6 fully saturated rings. The largest absolute Gasteiger partial charge is 0.393 e. The fourth-order valence-electron chi connectivity index (χ4n) is 10.7. The molecule has 2 heteroatoms. The van der Waals surface area contributed by atoms with Crippen LogP contribution < -0.4 is 0 Å². The van der Waals surface area contributed by atoms with Gasteiger partial charge in [0.05, 0.1) is 12.2 Å². The Kier molecular flexibility index (Phi) is 4.82. The van der Waals surface area contributed by atoms with Gasteiger partial charge in [-0.05, 0) is 104 Å². The molecule has 0 bridgehead atoms. The first-order valence-electron chi connectivity index (χ1n) is 14.1. The van der Waals surface area contributed by atoms with E-state index < -0.39 is 0 Å². The summed E-state index contributed by atoms with van der Waals surface area (Å²) >= 11 is 0. The van der Waals surface area contributed by atoms with Crippen LogP contribution in [0.1, 0.15) is 105 Å². The zero-order valence-corrected chi connectivity index (χ0v) is 20.9. The summed E-state index contributed by atoms with van der Waals surface area (Å²) in [4.78, 5) is 0. The van der Waals surface area contributed by atoms with E-state index in [4.69, 9.17) is 4.74 Å². The van der Waals surface area contributed by atoms with Crippen LogP contribution in [0.15, 0.2) is 0 Å². The summed E-state index contributed by atoms with van der Waals surface area (Å²) in [5.41, 5.74) is 0.929. The van der Waals surface area contributed by atoms with Crippen molar-refractivity contribution in [3.63, 3.8) is 0 Å². The fourth-order valence-corrected chi connectivity index (χ4v) is 10.7. The molecular formula is C29H48O2. The van der Waals surface area contributed by atoms with Gasteiger partial charge in [-0.1, -0.05) is 47.5 Å². The van der Waals surface area contributed by atoms with Gasteiger partial charge < -0.3 is 9.84 Å². The Morgan fingerprint density at radius 3 is 2.42 bits per heavy atom. The molecule has 1 saturated heterocycles. The number of ether oxygens (including phenoxy) is 1. The Morgan fingerprint density at radius 2 is 1.68 bits per heavy atom. The Balaban J connectivity index is 1.17. The molecule has 13 atom stereocenters. The van der Waals surface area contributed by atoms with Gasteiger partial charge in [0.25, 0.3) is 0 Å². The molecule has 0 aromatic carbocycles. The first-order valence-corrected chi connectivity index (χ1v) is 14.1. The lowest BCUT2D eigenvalue weighted by molar-refractivity contribution is -0.116. The molecule has 2 nitrogen and oxygen atoms in total. The van der Waals surface area contributed by atoms with E-state index in [1.54, 1.807) is 0 Å². The van der Waals surface area contributed by atoms with Crippen LogP contribution in [0.4, 0.5) is 0 Å². The number of hydrogen-bond donors (Lipinski definition) is 1. The van der Waals surface area contributed by atoms with Crippen molar-refractivity contribution in [3.8, 4) is 0 Å². The molecule has 1 heterocycles. The van der Waals surface area contributed by atoms with Crippen LogP contribution in [-0.4, -0.2) is 22.9 Å². The predicted octanol–water partition coefficient (Wildman–Crippen LogP) is 6.85. The summed E-state index contributed by atoms with van der Waals surface area (Å²) in [6.07, 6.45) is 14.9. The molecule has 0 aromatic heterocycles. The van der Waals surface area contributed by atoms with Crippen molar-refractivity contribution in [2.45, 2.75) is 123 Å². The summed E-state index contributed by atoms with van der Waals surface area (Å²) in [6, 6.07) is 0. The molecule has 0 aromatic rings. The van der Waals surface area contributed by atoms with Gasteiger partial charge >= 0.3 is 0 Å². The van der Waals surface area contributed by atoms with E-state index in [-0.39, 0.29) is 11.7 Å². The highest BCUT2D eigenvalue weighted by atomic mass is 16.6. The number of fused-ring (bicyclic) bond motifs is 4. The molecule has 5 saturated carbocycles. The van der Waals surface area contributed by atoms with Crippen molar-refractivity contribution in [2.75, 3.05) is 0 Å². The molecule has 6 aliphatic rings. The topological polar surface area (TPSA) is 32.8 Å². The minimum absolute atomic E-state index is 0.0426. The summed E-state index contributed by atoms with van der Waals surface area (Å²) in [7, 11) is 0. The standard InChI is InChI=1S/C29H48O2/c1-17(21-14-19(21)3)6-7-18(2)23-8-9-24-22-15-26-29(31-26)16-20(30)10-13-28(29,5)25(22)11-12-27(23,24)4/h17-26,30H,6-16H2,1-5H3/t17-,18-,19-,20+,21+,22+,23-,24+,25+,26+,27-,28-,29+/m1/s1. The maximum atomic E-state index is 10.4. The fraction of sp³-hybridized carbons (Fsp3) is 1.00. The molecule has 0 radical (unpaired) electrons. The second kappa shape index (κ2) is 6.97. The second-order valence-electron chi connectivity index (χ2n) is 14.1. The number of aliphatic hydroxyl groups excluding tert-OH is 1. The third kappa shape index (κ3) is 2.95. The first kappa shape index (κ1) is 21.5. The Hall–Kier alpha value is -0.0800. The van der Waals surface area contributed by atoms with E-state index in [1.165, 1.54) is 57.8 Å². The molecule has 6 rings (SSSR count). The zero-order valence-electron chi connectivity index (χ0n) is 20.9. The van der Waals surface area contributed by atoms with Crippen LogP contribution in [0.2, 0.25) is 0 Å². The molecule has 1 N–H and O–H groups in total. The molecule has 176 valence electrons. The van der Waals surface area contributed by atoms with E-state index >= 15 is 0 Å². The first-order chi connectivity index (χ1) is 14.7. The Morgan fingerprint density at radius 1 is 0.935 bits per heavy atom. The Labute approximate surface area is 191 Å². The van der Waals surface area contributed by atoms with Gasteiger partial charge in [-0.2, -0.15) is 0 Å². The van der Waals surface area contributed by atoms with E-state index in [2.05, 4.69) is 34.6 Å². The van der Waals surface area contributed by atoms with Crippen molar-refractivity contribution in [1.29, 1.82) is 0 Å². The highest BCUT2D eigenvalue weighted by Gasteiger charge is 2.76. The van der Waals surface area contributed by atoms with Crippen molar-refractivity contribution < 1.29 is 9.84 Å². The van der Waals surface area contributed by atoms with Crippen LogP contribution in [0, 0.1) is 58.2 Å². The zero-order chi connectivity index (χ0) is 21.8. The summed E-state index contributed by atoms with van der Waals surface area (Å²) < 4.78 is 6.53. The van der Waals surface area contributed by atoms with Gasteiger partial charge in [-0.3, -0.25) is 0 Å². The maximum absolute atomic E-state index is 10.4. The Bertz CT molecular complexity index is 720. The van der Waals surface area contributed by atoms with Crippen LogP contribution in [0.3, 0.4) is 0 Å². The number of epoxide rings is 1. The van der Waals surface area contributed by atoms with Crippen molar-refractivity contribution in [2.24, 2.45) is 58.2 Å². The number of aliphatic hydroxyl groups is 1.